The van der Waals surface area contributed by atoms with Gasteiger partial charge in [0.2, 0.25) is 0 Å². The second-order valence-corrected chi connectivity index (χ2v) is 7.12. The lowest BCUT2D eigenvalue weighted by molar-refractivity contribution is 0.164. The quantitative estimate of drug-likeness (QED) is 0.790. The van der Waals surface area contributed by atoms with Crippen molar-refractivity contribution in [1.29, 1.82) is 0 Å². The molecule has 6 heteroatoms. The highest BCUT2D eigenvalue weighted by atomic mass is 32.2. The molecule has 1 N–H and O–H groups in total. The van der Waals surface area contributed by atoms with Crippen LogP contribution in [0.4, 0.5) is 0 Å². The molecule has 18 heavy (non-hydrogen) atoms. The molecule has 0 aliphatic carbocycles. The molecule has 1 rings (SSSR count). The van der Waals surface area contributed by atoms with Crippen molar-refractivity contribution in [2.75, 3.05) is 26.2 Å². The van der Waals surface area contributed by atoms with Crippen LogP contribution in [-0.2, 0) is 10.2 Å². The van der Waals surface area contributed by atoms with Crippen LogP contribution in [0.3, 0.4) is 0 Å². The zero-order valence-electron chi connectivity index (χ0n) is 11.7. The van der Waals surface area contributed by atoms with E-state index in [9.17, 15) is 8.42 Å². The number of hydrogen-bond acceptors (Lipinski definition) is 3. The third-order valence-corrected chi connectivity index (χ3v) is 5.69. The summed E-state index contributed by atoms with van der Waals surface area (Å²) >= 11 is 0. The Balaban J connectivity index is 2.73. The van der Waals surface area contributed by atoms with Gasteiger partial charge in [-0.1, -0.05) is 6.92 Å². The van der Waals surface area contributed by atoms with E-state index in [4.69, 9.17) is 5.11 Å². The zero-order valence-corrected chi connectivity index (χ0v) is 12.5. The lowest BCUT2D eigenvalue weighted by Crippen LogP contribution is -2.50. The molecule has 1 heterocycles. The van der Waals surface area contributed by atoms with Crippen molar-refractivity contribution in [3.8, 4) is 0 Å². The minimum atomic E-state index is -3.33. The summed E-state index contributed by atoms with van der Waals surface area (Å²) in [7, 11) is -3.33. The molecule has 0 spiro atoms. The molecule has 0 atom stereocenters. The van der Waals surface area contributed by atoms with E-state index in [2.05, 4.69) is 0 Å². The van der Waals surface area contributed by atoms with Crippen LogP contribution in [0, 0.1) is 5.92 Å². The van der Waals surface area contributed by atoms with E-state index in [1.807, 2.05) is 20.8 Å². The Labute approximate surface area is 111 Å². The maximum absolute atomic E-state index is 12.5. The molecular weight excluding hydrogens is 252 g/mol. The van der Waals surface area contributed by atoms with E-state index >= 15 is 0 Å². The molecule has 5 nitrogen and oxygen atoms in total. The maximum atomic E-state index is 12.5. The minimum absolute atomic E-state index is 0.00878. The average molecular weight is 278 g/mol. The van der Waals surface area contributed by atoms with Crippen molar-refractivity contribution in [3.63, 3.8) is 0 Å². The SMILES string of the molecule is CCCN(C(C)C)S(=O)(=O)N1CCC(CO)CC1. The number of hydrogen-bond donors (Lipinski definition) is 1. The number of piperidine rings is 1. The zero-order chi connectivity index (χ0) is 13.8. The first-order valence-electron chi connectivity index (χ1n) is 6.81. The van der Waals surface area contributed by atoms with Crippen LogP contribution in [0.1, 0.15) is 40.0 Å². The largest absolute Gasteiger partial charge is 0.396 e. The number of aliphatic hydroxyl groups excluding tert-OH is 1. The van der Waals surface area contributed by atoms with Gasteiger partial charge in [0.25, 0.3) is 10.2 Å². The Morgan fingerprint density at radius 2 is 1.89 bits per heavy atom. The van der Waals surface area contributed by atoms with Crippen LogP contribution in [0.2, 0.25) is 0 Å². The summed E-state index contributed by atoms with van der Waals surface area (Å²) in [5.74, 6) is 0.259. The normalized spacial score (nSPS) is 19.9. The summed E-state index contributed by atoms with van der Waals surface area (Å²) < 4.78 is 28.1. The average Bonchev–Trinajstić information content (AvgIpc) is 2.35. The van der Waals surface area contributed by atoms with E-state index in [0.29, 0.717) is 19.6 Å². The van der Waals surface area contributed by atoms with E-state index in [1.54, 1.807) is 8.61 Å². The van der Waals surface area contributed by atoms with Gasteiger partial charge in [0.05, 0.1) is 0 Å². The van der Waals surface area contributed by atoms with Crippen molar-refractivity contribution in [3.05, 3.63) is 0 Å². The molecule has 1 aliphatic heterocycles. The fourth-order valence-electron chi connectivity index (χ4n) is 2.33. The summed E-state index contributed by atoms with van der Waals surface area (Å²) in [6.07, 6.45) is 2.34. The van der Waals surface area contributed by atoms with E-state index in [0.717, 1.165) is 19.3 Å². The van der Waals surface area contributed by atoms with Crippen LogP contribution < -0.4 is 0 Å². The Morgan fingerprint density at radius 3 is 2.28 bits per heavy atom. The molecule has 0 aromatic rings. The first-order valence-corrected chi connectivity index (χ1v) is 8.21. The summed E-state index contributed by atoms with van der Waals surface area (Å²) in [5.41, 5.74) is 0. The fourth-order valence-corrected chi connectivity index (χ4v) is 4.25. The Bertz CT molecular complexity index is 335. The van der Waals surface area contributed by atoms with Gasteiger partial charge in [0.15, 0.2) is 0 Å². The maximum Gasteiger partial charge on any atom is 0.282 e. The van der Waals surface area contributed by atoms with Crippen molar-refractivity contribution in [1.82, 2.24) is 8.61 Å². The third-order valence-electron chi connectivity index (χ3n) is 3.47. The molecule has 0 aromatic carbocycles. The Morgan fingerprint density at radius 1 is 1.33 bits per heavy atom. The molecular formula is C12H26N2O3S. The van der Waals surface area contributed by atoms with E-state index in [-0.39, 0.29) is 18.6 Å². The molecule has 0 amide bonds. The number of nitrogens with zero attached hydrogens (tertiary/aromatic N) is 2. The fraction of sp³-hybridized carbons (Fsp3) is 1.00. The third kappa shape index (κ3) is 3.66. The molecule has 0 unspecified atom stereocenters. The van der Waals surface area contributed by atoms with Crippen LogP contribution >= 0.6 is 0 Å². The highest BCUT2D eigenvalue weighted by Crippen LogP contribution is 2.22. The second-order valence-electron chi connectivity index (χ2n) is 5.24. The van der Waals surface area contributed by atoms with Gasteiger partial charge in [-0.15, -0.1) is 0 Å². The molecule has 0 saturated carbocycles. The van der Waals surface area contributed by atoms with Gasteiger partial charge >= 0.3 is 0 Å². The lowest BCUT2D eigenvalue weighted by Gasteiger charge is -2.36. The van der Waals surface area contributed by atoms with Crippen LogP contribution in [0.15, 0.2) is 0 Å². The molecule has 0 radical (unpaired) electrons. The van der Waals surface area contributed by atoms with Gasteiger partial charge in [-0.3, -0.25) is 0 Å². The van der Waals surface area contributed by atoms with Gasteiger partial charge in [-0.25, -0.2) is 0 Å². The lowest BCUT2D eigenvalue weighted by atomic mass is 10.00. The Kier molecular flexibility index (Phi) is 6.04. The summed E-state index contributed by atoms with van der Waals surface area (Å²) in [5, 5.41) is 9.08. The Hall–Kier alpha value is -0.170. The molecule has 0 bridgehead atoms. The predicted molar refractivity (Wildman–Crippen MR) is 72.4 cm³/mol. The van der Waals surface area contributed by atoms with Crippen molar-refractivity contribution >= 4 is 10.2 Å². The van der Waals surface area contributed by atoms with Crippen LogP contribution in [0.25, 0.3) is 0 Å². The van der Waals surface area contributed by atoms with Gasteiger partial charge in [0.1, 0.15) is 0 Å². The highest BCUT2D eigenvalue weighted by molar-refractivity contribution is 7.86. The standard InChI is InChI=1S/C12H26N2O3S/c1-4-7-14(11(2)3)18(16,17)13-8-5-12(10-15)6-9-13/h11-12,15H,4-10H2,1-3H3. The van der Waals surface area contributed by atoms with Crippen molar-refractivity contribution in [2.24, 2.45) is 5.92 Å². The van der Waals surface area contributed by atoms with E-state index in [1.165, 1.54) is 0 Å². The second kappa shape index (κ2) is 6.84. The van der Waals surface area contributed by atoms with E-state index < -0.39 is 10.2 Å². The highest BCUT2D eigenvalue weighted by Gasteiger charge is 2.33. The molecule has 1 saturated heterocycles. The molecule has 1 fully saturated rings. The topological polar surface area (TPSA) is 60.9 Å². The summed E-state index contributed by atoms with van der Waals surface area (Å²) in [6.45, 7) is 7.60. The summed E-state index contributed by atoms with van der Waals surface area (Å²) in [4.78, 5) is 0. The molecule has 108 valence electrons. The van der Waals surface area contributed by atoms with Crippen LogP contribution in [-0.4, -0.2) is 54.4 Å². The van der Waals surface area contributed by atoms with Gasteiger partial charge in [0, 0.05) is 32.3 Å². The number of rotatable bonds is 6. The first-order chi connectivity index (χ1) is 8.43. The summed E-state index contributed by atoms with van der Waals surface area (Å²) in [6, 6.07) is -0.00878. The first kappa shape index (κ1) is 15.9. The van der Waals surface area contributed by atoms with Gasteiger partial charge in [-0.05, 0) is 39.0 Å². The van der Waals surface area contributed by atoms with Gasteiger partial charge in [-0.2, -0.15) is 17.0 Å². The number of aliphatic hydroxyl groups is 1. The minimum Gasteiger partial charge on any atom is -0.396 e. The molecule has 0 aromatic heterocycles. The van der Waals surface area contributed by atoms with Crippen molar-refractivity contribution in [2.45, 2.75) is 46.1 Å². The molecule has 1 aliphatic rings. The smallest absolute Gasteiger partial charge is 0.282 e. The van der Waals surface area contributed by atoms with Gasteiger partial charge < -0.3 is 5.11 Å². The van der Waals surface area contributed by atoms with Crippen molar-refractivity contribution < 1.29 is 13.5 Å². The monoisotopic (exact) mass is 278 g/mol. The van der Waals surface area contributed by atoms with Crippen LogP contribution in [0.5, 0.6) is 0 Å². The predicted octanol–water partition coefficient (Wildman–Crippen LogP) is 1.06.